The van der Waals surface area contributed by atoms with Crippen LogP contribution < -0.4 is 10.0 Å². The van der Waals surface area contributed by atoms with E-state index in [0.29, 0.717) is 6.54 Å². The van der Waals surface area contributed by atoms with Gasteiger partial charge in [-0.05, 0) is 31.4 Å². The molecule has 1 atom stereocenters. The van der Waals surface area contributed by atoms with Gasteiger partial charge in [0, 0.05) is 12.6 Å². The van der Waals surface area contributed by atoms with Crippen molar-refractivity contribution in [1.82, 2.24) is 10.0 Å². The Labute approximate surface area is 115 Å². The zero-order chi connectivity index (χ0) is 13.6. The van der Waals surface area contributed by atoms with Crippen LogP contribution in [-0.2, 0) is 16.4 Å². The van der Waals surface area contributed by atoms with Gasteiger partial charge in [0.2, 0.25) is 10.0 Å². The van der Waals surface area contributed by atoms with Gasteiger partial charge in [-0.25, -0.2) is 13.1 Å². The first-order valence-corrected chi connectivity index (χ1v) is 8.55. The number of sulfonamides is 1. The third-order valence-corrected chi connectivity index (χ3v) is 4.90. The predicted octanol–water partition coefficient (Wildman–Crippen LogP) is 1.29. The summed E-state index contributed by atoms with van der Waals surface area (Å²) in [5.74, 6) is 0.196. The highest BCUT2D eigenvalue weighted by molar-refractivity contribution is 7.89. The van der Waals surface area contributed by atoms with E-state index in [0.717, 1.165) is 37.8 Å². The van der Waals surface area contributed by atoms with Crippen molar-refractivity contribution >= 4 is 10.0 Å². The number of nitrogens with one attached hydrogen (secondary N) is 2. The van der Waals surface area contributed by atoms with E-state index in [1.807, 2.05) is 30.3 Å². The Morgan fingerprint density at radius 1 is 1.21 bits per heavy atom. The normalized spacial score (nSPS) is 20.3. The van der Waals surface area contributed by atoms with Gasteiger partial charge in [-0.3, -0.25) is 0 Å². The Hall–Kier alpha value is -0.910. The summed E-state index contributed by atoms with van der Waals surface area (Å²) in [7, 11) is -3.16. The molecule has 4 nitrogen and oxygen atoms in total. The molecule has 1 aliphatic rings. The number of piperidine rings is 1. The zero-order valence-corrected chi connectivity index (χ0v) is 12.0. The fourth-order valence-electron chi connectivity index (χ4n) is 2.39. The highest BCUT2D eigenvalue weighted by Gasteiger charge is 2.20. The largest absolute Gasteiger partial charge is 0.313 e. The first-order chi connectivity index (χ1) is 9.16. The van der Waals surface area contributed by atoms with Gasteiger partial charge in [-0.2, -0.15) is 0 Å². The van der Waals surface area contributed by atoms with Gasteiger partial charge in [-0.15, -0.1) is 0 Å². The summed E-state index contributed by atoms with van der Waals surface area (Å²) in [6.07, 6.45) is 3.97. The van der Waals surface area contributed by atoms with Gasteiger partial charge in [0.15, 0.2) is 0 Å². The summed E-state index contributed by atoms with van der Waals surface area (Å²) in [5, 5.41) is 3.26. The van der Waals surface area contributed by atoms with Crippen LogP contribution in [-0.4, -0.2) is 33.3 Å². The average Bonchev–Trinajstić information content (AvgIpc) is 2.40. The summed E-state index contributed by atoms with van der Waals surface area (Å²) < 4.78 is 26.6. The maximum Gasteiger partial charge on any atom is 0.213 e. The Kier molecular flexibility index (Phi) is 5.36. The molecule has 0 saturated carbocycles. The fraction of sp³-hybridized carbons (Fsp3) is 0.571. The van der Waals surface area contributed by atoms with E-state index < -0.39 is 10.0 Å². The molecule has 1 saturated heterocycles. The van der Waals surface area contributed by atoms with Gasteiger partial charge >= 0.3 is 0 Å². The standard InChI is InChI=1S/C14H22N2O2S/c17-19(18,12-14-8-4-5-10-15-14)16-11-9-13-6-2-1-3-7-13/h1-3,6-7,14-16H,4-5,8-12H2. The molecule has 5 heteroatoms. The van der Waals surface area contributed by atoms with E-state index in [4.69, 9.17) is 0 Å². The van der Waals surface area contributed by atoms with Crippen molar-refractivity contribution in [2.75, 3.05) is 18.8 Å². The second kappa shape index (κ2) is 7.03. The summed E-state index contributed by atoms with van der Waals surface area (Å²) in [6.45, 7) is 1.41. The van der Waals surface area contributed by atoms with Gasteiger partial charge in [0.05, 0.1) is 5.75 Å². The molecule has 0 bridgehead atoms. The molecule has 19 heavy (non-hydrogen) atoms. The smallest absolute Gasteiger partial charge is 0.213 e. The molecule has 1 aliphatic heterocycles. The third-order valence-electron chi connectivity index (χ3n) is 3.41. The number of rotatable bonds is 6. The van der Waals surface area contributed by atoms with Crippen LogP contribution in [0.15, 0.2) is 30.3 Å². The number of benzene rings is 1. The highest BCUT2D eigenvalue weighted by Crippen LogP contribution is 2.08. The monoisotopic (exact) mass is 282 g/mol. The lowest BCUT2D eigenvalue weighted by molar-refractivity contribution is 0.422. The summed E-state index contributed by atoms with van der Waals surface area (Å²) in [4.78, 5) is 0. The maximum atomic E-state index is 11.9. The molecular formula is C14H22N2O2S. The topological polar surface area (TPSA) is 58.2 Å². The van der Waals surface area contributed by atoms with E-state index in [1.54, 1.807) is 0 Å². The van der Waals surface area contributed by atoms with Crippen LogP contribution in [0.1, 0.15) is 24.8 Å². The minimum absolute atomic E-state index is 0.114. The zero-order valence-electron chi connectivity index (χ0n) is 11.1. The van der Waals surface area contributed by atoms with Crippen molar-refractivity contribution in [2.24, 2.45) is 0 Å². The SMILES string of the molecule is O=S(=O)(CC1CCCCN1)NCCc1ccccc1. The van der Waals surface area contributed by atoms with Crippen LogP contribution in [0.4, 0.5) is 0 Å². The minimum atomic E-state index is -3.16. The summed E-state index contributed by atoms with van der Waals surface area (Å²) >= 11 is 0. The van der Waals surface area contributed by atoms with Gasteiger partial charge < -0.3 is 5.32 Å². The average molecular weight is 282 g/mol. The second-order valence-electron chi connectivity index (χ2n) is 5.06. The molecule has 0 aromatic heterocycles. The van der Waals surface area contributed by atoms with Crippen LogP contribution >= 0.6 is 0 Å². The Bertz CT molecular complexity index is 467. The van der Waals surface area contributed by atoms with E-state index in [2.05, 4.69) is 10.0 Å². The Morgan fingerprint density at radius 2 is 2.00 bits per heavy atom. The molecule has 0 aliphatic carbocycles. The van der Waals surface area contributed by atoms with Crippen molar-refractivity contribution in [1.29, 1.82) is 0 Å². The van der Waals surface area contributed by atoms with Crippen LogP contribution in [0.3, 0.4) is 0 Å². The number of hydrogen-bond acceptors (Lipinski definition) is 3. The molecule has 2 N–H and O–H groups in total. The molecule has 1 aromatic carbocycles. The Morgan fingerprint density at radius 3 is 2.68 bits per heavy atom. The van der Waals surface area contributed by atoms with Crippen molar-refractivity contribution in [3.63, 3.8) is 0 Å². The summed E-state index contributed by atoms with van der Waals surface area (Å²) in [5.41, 5.74) is 1.15. The van der Waals surface area contributed by atoms with E-state index >= 15 is 0 Å². The molecule has 1 aromatic rings. The first-order valence-electron chi connectivity index (χ1n) is 6.90. The van der Waals surface area contributed by atoms with E-state index in [1.165, 1.54) is 0 Å². The van der Waals surface area contributed by atoms with Crippen molar-refractivity contribution in [2.45, 2.75) is 31.7 Å². The fourth-order valence-corrected chi connectivity index (χ4v) is 3.73. The molecular weight excluding hydrogens is 260 g/mol. The first kappa shape index (κ1) is 14.5. The minimum Gasteiger partial charge on any atom is -0.313 e. The molecule has 106 valence electrons. The van der Waals surface area contributed by atoms with Crippen LogP contribution in [0.25, 0.3) is 0 Å². The van der Waals surface area contributed by atoms with E-state index in [9.17, 15) is 8.42 Å². The van der Waals surface area contributed by atoms with Gasteiger partial charge in [-0.1, -0.05) is 36.8 Å². The molecule has 0 amide bonds. The lowest BCUT2D eigenvalue weighted by Gasteiger charge is -2.23. The maximum absolute atomic E-state index is 11.9. The van der Waals surface area contributed by atoms with Crippen LogP contribution in [0, 0.1) is 0 Å². The lowest BCUT2D eigenvalue weighted by Crippen LogP contribution is -2.42. The second-order valence-corrected chi connectivity index (χ2v) is 6.91. The molecule has 0 spiro atoms. The highest BCUT2D eigenvalue weighted by atomic mass is 32.2. The Balaban J connectivity index is 1.74. The quantitative estimate of drug-likeness (QED) is 0.826. The van der Waals surface area contributed by atoms with Crippen molar-refractivity contribution in [3.05, 3.63) is 35.9 Å². The molecule has 1 heterocycles. The van der Waals surface area contributed by atoms with Gasteiger partial charge in [0.1, 0.15) is 0 Å². The summed E-state index contributed by atoms with van der Waals surface area (Å²) in [6, 6.07) is 10.0. The molecule has 0 radical (unpaired) electrons. The number of hydrogen-bond donors (Lipinski definition) is 2. The molecule has 1 fully saturated rings. The van der Waals surface area contributed by atoms with Gasteiger partial charge in [0.25, 0.3) is 0 Å². The molecule has 1 unspecified atom stereocenters. The van der Waals surface area contributed by atoms with Crippen molar-refractivity contribution < 1.29 is 8.42 Å². The van der Waals surface area contributed by atoms with Crippen LogP contribution in [0.5, 0.6) is 0 Å². The third kappa shape index (κ3) is 5.30. The van der Waals surface area contributed by atoms with Crippen molar-refractivity contribution in [3.8, 4) is 0 Å². The van der Waals surface area contributed by atoms with E-state index in [-0.39, 0.29) is 11.8 Å². The lowest BCUT2D eigenvalue weighted by atomic mass is 10.1. The van der Waals surface area contributed by atoms with Crippen LogP contribution in [0.2, 0.25) is 0 Å². The molecule has 2 rings (SSSR count). The predicted molar refractivity (Wildman–Crippen MR) is 77.6 cm³/mol.